The van der Waals surface area contributed by atoms with Crippen molar-refractivity contribution in [3.63, 3.8) is 0 Å². The number of ketones is 2. The summed E-state index contributed by atoms with van der Waals surface area (Å²) in [6.45, 7) is 1.22. The van der Waals surface area contributed by atoms with Gasteiger partial charge in [-0.05, 0) is 30.3 Å². The Morgan fingerprint density at radius 2 is 1.82 bits per heavy atom. The summed E-state index contributed by atoms with van der Waals surface area (Å²) in [4.78, 5) is 22.9. The first-order chi connectivity index (χ1) is 8.18. The van der Waals surface area contributed by atoms with Gasteiger partial charge < -0.3 is 8.83 Å². The highest BCUT2D eigenvalue weighted by molar-refractivity contribution is 6.54. The lowest BCUT2D eigenvalue weighted by atomic mass is 10.0. The zero-order valence-corrected chi connectivity index (χ0v) is 9.17. The standard InChI is InChI=1S/C13H10O4/c1-9(14)13(15)11(12-5-3-7-17-12)8-10-4-2-6-16-10/h2-8H,1H3/b11-8+. The molecule has 86 valence electrons. The van der Waals surface area contributed by atoms with Gasteiger partial charge in [0.25, 0.3) is 0 Å². The van der Waals surface area contributed by atoms with Gasteiger partial charge in [0, 0.05) is 6.92 Å². The van der Waals surface area contributed by atoms with Crippen LogP contribution < -0.4 is 0 Å². The number of furan rings is 2. The Morgan fingerprint density at radius 3 is 2.35 bits per heavy atom. The van der Waals surface area contributed by atoms with Crippen LogP contribution in [0.25, 0.3) is 11.6 Å². The molecule has 0 atom stereocenters. The topological polar surface area (TPSA) is 60.4 Å². The second-order valence-corrected chi connectivity index (χ2v) is 3.44. The lowest BCUT2D eigenvalue weighted by Crippen LogP contribution is -2.11. The fourth-order valence-electron chi connectivity index (χ4n) is 1.39. The molecule has 2 heterocycles. The smallest absolute Gasteiger partial charge is 0.232 e. The van der Waals surface area contributed by atoms with E-state index in [-0.39, 0.29) is 5.57 Å². The maximum Gasteiger partial charge on any atom is 0.232 e. The zero-order valence-electron chi connectivity index (χ0n) is 9.17. The molecule has 0 amide bonds. The summed E-state index contributed by atoms with van der Waals surface area (Å²) in [5.74, 6) is -0.303. The van der Waals surface area contributed by atoms with E-state index in [0.29, 0.717) is 11.5 Å². The molecule has 0 aliphatic heterocycles. The third kappa shape index (κ3) is 2.42. The number of Topliss-reactive ketones (excluding diaryl/α,β-unsaturated/α-hetero) is 2. The molecular weight excluding hydrogens is 220 g/mol. The van der Waals surface area contributed by atoms with Crippen LogP contribution in [0.5, 0.6) is 0 Å². The van der Waals surface area contributed by atoms with Gasteiger partial charge in [-0.3, -0.25) is 9.59 Å². The van der Waals surface area contributed by atoms with Crippen molar-refractivity contribution in [2.45, 2.75) is 6.92 Å². The SMILES string of the molecule is CC(=O)C(=O)/C(=C/c1ccco1)c1ccco1. The van der Waals surface area contributed by atoms with Crippen molar-refractivity contribution in [3.05, 3.63) is 48.3 Å². The summed E-state index contributed by atoms with van der Waals surface area (Å²) in [5, 5.41) is 0. The van der Waals surface area contributed by atoms with Gasteiger partial charge in [0.05, 0.1) is 18.1 Å². The predicted octanol–water partition coefficient (Wildman–Crippen LogP) is 2.57. The van der Waals surface area contributed by atoms with Crippen molar-refractivity contribution in [2.75, 3.05) is 0 Å². The van der Waals surface area contributed by atoms with Crippen LogP contribution in [0.2, 0.25) is 0 Å². The Morgan fingerprint density at radius 1 is 1.12 bits per heavy atom. The quantitative estimate of drug-likeness (QED) is 0.598. The van der Waals surface area contributed by atoms with E-state index < -0.39 is 11.6 Å². The maximum atomic E-state index is 11.7. The van der Waals surface area contributed by atoms with Gasteiger partial charge in [-0.15, -0.1) is 0 Å². The molecule has 0 unspecified atom stereocenters. The average Bonchev–Trinajstić information content (AvgIpc) is 2.97. The number of carbonyl (C=O) groups is 2. The Labute approximate surface area is 97.5 Å². The summed E-state index contributed by atoms with van der Waals surface area (Å²) < 4.78 is 10.2. The Hall–Kier alpha value is -2.36. The number of rotatable bonds is 4. The Balaban J connectivity index is 2.45. The van der Waals surface area contributed by atoms with Crippen LogP contribution in [-0.4, -0.2) is 11.6 Å². The predicted molar refractivity (Wildman–Crippen MR) is 61.0 cm³/mol. The van der Waals surface area contributed by atoms with Crippen LogP contribution in [0.3, 0.4) is 0 Å². The average molecular weight is 230 g/mol. The molecule has 0 spiro atoms. The minimum Gasteiger partial charge on any atom is -0.465 e. The summed E-state index contributed by atoms with van der Waals surface area (Å²) in [6.07, 6.45) is 4.42. The van der Waals surface area contributed by atoms with Crippen molar-refractivity contribution in [1.82, 2.24) is 0 Å². The van der Waals surface area contributed by atoms with Gasteiger partial charge >= 0.3 is 0 Å². The third-order valence-corrected chi connectivity index (χ3v) is 2.18. The molecule has 0 bridgehead atoms. The van der Waals surface area contributed by atoms with Crippen molar-refractivity contribution in [1.29, 1.82) is 0 Å². The highest BCUT2D eigenvalue weighted by Gasteiger charge is 2.19. The van der Waals surface area contributed by atoms with Crippen LogP contribution in [0.4, 0.5) is 0 Å². The molecule has 0 fully saturated rings. The number of hydrogen-bond acceptors (Lipinski definition) is 4. The molecule has 0 saturated heterocycles. The summed E-state index contributed by atoms with van der Waals surface area (Å²) in [7, 11) is 0. The zero-order chi connectivity index (χ0) is 12.3. The maximum absolute atomic E-state index is 11.7. The molecule has 2 aromatic rings. The first-order valence-corrected chi connectivity index (χ1v) is 5.03. The van der Waals surface area contributed by atoms with Crippen molar-refractivity contribution >= 4 is 23.2 Å². The van der Waals surface area contributed by atoms with Gasteiger partial charge in [0.1, 0.15) is 11.5 Å². The molecule has 4 nitrogen and oxygen atoms in total. The van der Waals surface area contributed by atoms with Crippen LogP contribution in [0.1, 0.15) is 18.4 Å². The second-order valence-electron chi connectivity index (χ2n) is 3.44. The fraction of sp³-hybridized carbons (Fsp3) is 0.0769. The van der Waals surface area contributed by atoms with Crippen LogP contribution in [0.15, 0.2) is 45.6 Å². The number of hydrogen-bond donors (Lipinski definition) is 0. The lowest BCUT2D eigenvalue weighted by molar-refractivity contribution is -0.131. The van der Waals surface area contributed by atoms with Crippen LogP contribution in [-0.2, 0) is 9.59 Å². The number of carbonyl (C=O) groups excluding carboxylic acids is 2. The normalized spacial score (nSPS) is 11.5. The molecule has 17 heavy (non-hydrogen) atoms. The molecule has 0 aromatic carbocycles. The molecule has 0 aliphatic carbocycles. The molecule has 2 aromatic heterocycles. The molecule has 2 rings (SSSR count). The molecule has 0 aliphatic rings. The minimum absolute atomic E-state index is 0.192. The summed E-state index contributed by atoms with van der Waals surface area (Å²) in [6, 6.07) is 6.66. The van der Waals surface area contributed by atoms with E-state index in [0.717, 1.165) is 0 Å². The molecule has 0 saturated carbocycles. The molecule has 4 heteroatoms. The van der Waals surface area contributed by atoms with Gasteiger partial charge in [0.2, 0.25) is 5.78 Å². The van der Waals surface area contributed by atoms with Crippen LogP contribution in [0, 0.1) is 0 Å². The molecule has 0 N–H and O–H groups in total. The minimum atomic E-state index is -0.601. The summed E-state index contributed by atoms with van der Waals surface area (Å²) >= 11 is 0. The van der Waals surface area contributed by atoms with E-state index in [1.165, 1.54) is 25.5 Å². The third-order valence-electron chi connectivity index (χ3n) is 2.18. The van der Waals surface area contributed by atoms with Gasteiger partial charge in [-0.1, -0.05) is 0 Å². The van der Waals surface area contributed by atoms with E-state index >= 15 is 0 Å². The second kappa shape index (κ2) is 4.65. The van der Waals surface area contributed by atoms with Gasteiger partial charge in [-0.25, -0.2) is 0 Å². The van der Waals surface area contributed by atoms with Gasteiger partial charge in [-0.2, -0.15) is 0 Å². The first-order valence-electron chi connectivity index (χ1n) is 5.03. The lowest BCUT2D eigenvalue weighted by Gasteiger charge is -1.99. The van der Waals surface area contributed by atoms with Crippen molar-refractivity contribution < 1.29 is 18.4 Å². The highest BCUT2D eigenvalue weighted by atomic mass is 16.3. The van der Waals surface area contributed by atoms with E-state index in [4.69, 9.17) is 8.83 Å². The Kier molecular flexibility index (Phi) is 3.05. The monoisotopic (exact) mass is 230 g/mol. The van der Waals surface area contributed by atoms with E-state index in [2.05, 4.69) is 0 Å². The Bertz CT molecular complexity index is 544. The number of allylic oxidation sites excluding steroid dienone is 1. The highest BCUT2D eigenvalue weighted by Crippen LogP contribution is 2.20. The molecule has 0 radical (unpaired) electrons. The van der Waals surface area contributed by atoms with E-state index in [9.17, 15) is 9.59 Å². The van der Waals surface area contributed by atoms with E-state index in [1.54, 1.807) is 24.3 Å². The van der Waals surface area contributed by atoms with Crippen molar-refractivity contribution in [2.24, 2.45) is 0 Å². The van der Waals surface area contributed by atoms with Crippen LogP contribution >= 0.6 is 0 Å². The van der Waals surface area contributed by atoms with E-state index in [1.807, 2.05) is 0 Å². The van der Waals surface area contributed by atoms with Crippen molar-refractivity contribution in [3.8, 4) is 0 Å². The summed E-state index contributed by atoms with van der Waals surface area (Å²) in [5.41, 5.74) is 0.192. The first kappa shape index (κ1) is 11.1. The fourth-order valence-corrected chi connectivity index (χ4v) is 1.39. The molecular formula is C13H10O4. The largest absolute Gasteiger partial charge is 0.465 e. The van der Waals surface area contributed by atoms with Gasteiger partial charge in [0.15, 0.2) is 5.78 Å².